The van der Waals surface area contributed by atoms with Crippen LogP contribution in [0.3, 0.4) is 0 Å². The third-order valence-electron chi connectivity index (χ3n) is 3.11. The van der Waals surface area contributed by atoms with Crippen LogP contribution in [0, 0.1) is 5.41 Å². The van der Waals surface area contributed by atoms with E-state index in [0.29, 0.717) is 5.41 Å². The van der Waals surface area contributed by atoms with Crippen molar-refractivity contribution in [2.24, 2.45) is 5.41 Å². The smallest absolute Gasteiger partial charge is 0.0135 e. The normalized spacial score (nSPS) is 18.7. The number of hydrogen-bond donors (Lipinski definition) is 0. The molecular formula is C16H24. The van der Waals surface area contributed by atoms with Gasteiger partial charge in [-0.25, -0.2) is 0 Å². The van der Waals surface area contributed by atoms with E-state index in [0.717, 1.165) is 12.8 Å². The van der Waals surface area contributed by atoms with E-state index >= 15 is 0 Å². The van der Waals surface area contributed by atoms with Crippen LogP contribution in [-0.4, -0.2) is 0 Å². The van der Waals surface area contributed by atoms with Gasteiger partial charge in [0.1, 0.15) is 0 Å². The lowest BCUT2D eigenvalue weighted by molar-refractivity contribution is 0.518. The van der Waals surface area contributed by atoms with Gasteiger partial charge in [-0.2, -0.15) is 0 Å². The van der Waals surface area contributed by atoms with Crippen molar-refractivity contribution in [1.29, 1.82) is 0 Å². The first-order valence-corrected chi connectivity index (χ1v) is 6.12. The van der Waals surface area contributed by atoms with E-state index in [1.807, 2.05) is 0 Å². The second kappa shape index (κ2) is 5.34. The molecule has 0 aromatic heterocycles. The molecule has 88 valence electrons. The Morgan fingerprint density at radius 1 is 0.875 bits per heavy atom. The largest absolute Gasteiger partial charge is 0.0804 e. The van der Waals surface area contributed by atoms with Gasteiger partial charge in [-0.3, -0.25) is 0 Å². The third kappa shape index (κ3) is 3.84. The summed E-state index contributed by atoms with van der Waals surface area (Å²) in [6, 6.07) is 0. The first-order chi connectivity index (χ1) is 7.41. The number of hydrogen-bond acceptors (Lipinski definition) is 0. The molecular weight excluding hydrogens is 192 g/mol. The van der Waals surface area contributed by atoms with E-state index in [1.165, 1.54) is 16.7 Å². The van der Waals surface area contributed by atoms with Crippen molar-refractivity contribution in [3.63, 3.8) is 0 Å². The minimum Gasteiger partial charge on any atom is -0.0804 e. The van der Waals surface area contributed by atoms with Gasteiger partial charge in [0.15, 0.2) is 0 Å². The molecule has 0 unspecified atom stereocenters. The Kier molecular flexibility index (Phi) is 4.35. The summed E-state index contributed by atoms with van der Waals surface area (Å²) in [6.45, 7) is 11.0. The maximum Gasteiger partial charge on any atom is -0.0135 e. The Balaban J connectivity index is 0.000000165. The zero-order chi connectivity index (χ0) is 12.2. The van der Waals surface area contributed by atoms with Gasteiger partial charge >= 0.3 is 0 Å². The maximum atomic E-state index is 2.29. The summed E-state index contributed by atoms with van der Waals surface area (Å²) in [4.78, 5) is 0. The lowest BCUT2D eigenvalue weighted by Crippen LogP contribution is -2.05. The Labute approximate surface area is 100 Å². The highest BCUT2D eigenvalue weighted by Gasteiger charge is 2.15. The van der Waals surface area contributed by atoms with Crippen molar-refractivity contribution < 1.29 is 0 Å². The standard InChI is InChI=1S/C9H14.C7H10/c1-9(2,3)8-6-4-5-7-8;1-6-4-3-5-7(6)2/h4,6-7H,5H2,1-3H3;4-5H,3H2,1-2H3. The van der Waals surface area contributed by atoms with E-state index in [2.05, 4.69) is 65.0 Å². The molecule has 0 atom stereocenters. The maximum absolute atomic E-state index is 2.29. The molecule has 2 aliphatic rings. The number of rotatable bonds is 0. The fraction of sp³-hybridized carbons (Fsp3) is 0.500. The topological polar surface area (TPSA) is 0 Å². The van der Waals surface area contributed by atoms with Crippen LogP contribution in [0.1, 0.15) is 47.5 Å². The monoisotopic (exact) mass is 216 g/mol. The summed E-state index contributed by atoms with van der Waals surface area (Å²) in [7, 11) is 0. The van der Waals surface area contributed by atoms with Gasteiger partial charge < -0.3 is 0 Å². The Bertz CT molecular complexity index is 338. The van der Waals surface area contributed by atoms with Crippen LogP contribution in [0.15, 0.2) is 47.1 Å². The van der Waals surface area contributed by atoms with Crippen molar-refractivity contribution in [3.05, 3.63) is 47.1 Å². The van der Waals surface area contributed by atoms with Crippen LogP contribution < -0.4 is 0 Å². The van der Waals surface area contributed by atoms with Crippen LogP contribution in [0.5, 0.6) is 0 Å². The fourth-order valence-corrected chi connectivity index (χ4v) is 1.75. The molecule has 0 bridgehead atoms. The van der Waals surface area contributed by atoms with Crippen molar-refractivity contribution in [3.8, 4) is 0 Å². The van der Waals surface area contributed by atoms with Gasteiger partial charge in [0.2, 0.25) is 0 Å². The molecule has 0 heterocycles. The summed E-state index contributed by atoms with van der Waals surface area (Å²) >= 11 is 0. The van der Waals surface area contributed by atoms with Gasteiger partial charge in [0.05, 0.1) is 0 Å². The minimum absolute atomic E-state index is 0.354. The molecule has 0 radical (unpaired) electrons. The van der Waals surface area contributed by atoms with Gasteiger partial charge in [0.25, 0.3) is 0 Å². The average molecular weight is 216 g/mol. The van der Waals surface area contributed by atoms with Crippen LogP contribution in [0.4, 0.5) is 0 Å². The van der Waals surface area contributed by atoms with Crippen molar-refractivity contribution in [2.75, 3.05) is 0 Å². The predicted molar refractivity (Wildman–Crippen MR) is 73.4 cm³/mol. The summed E-state index contributed by atoms with van der Waals surface area (Å²) < 4.78 is 0. The first kappa shape index (κ1) is 13.0. The molecule has 0 aromatic rings. The first-order valence-electron chi connectivity index (χ1n) is 6.12. The summed E-state index contributed by atoms with van der Waals surface area (Å²) in [5.74, 6) is 0. The van der Waals surface area contributed by atoms with E-state index in [1.54, 1.807) is 0 Å². The zero-order valence-corrected chi connectivity index (χ0v) is 11.3. The molecule has 2 aliphatic carbocycles. The molecule has 0 heteroatoms. The third-order valence-corrected chi connectivity index (χ3v) is 3.11. The van der Waals surface area contributed by atoms with E-state index in [-0.39, 0.29) is 0 Å². The molecule has 0 aliphatic heterocycles. The summed E-state index contributed by atoms with van der Waals surface area (Å²) in [5, 5.41) is 0. The predicted octanol–water partition coefficient (Wildman–Crippen LogP) is 5.20. The molecule has 0 N–H and O–H groups in total. The minimum atomic E-state index is 0.354. The van der Waals surface area contributed by atoms with Crippen molar-refractivity contribution in [1.82, 2.24) is 0 Å². The van der Waals surface area contributed by atoms with Crippen LogP contribution >= 0.6 is 0 Å². The Hall–Kier alpha value is -1.04. The molecule has 0 amide bonds. The second-order valence-electron chi connectivity index (χ2n) is 5.56. The molecule has 0 saturated carbocycles. The van der Waals surface area contributed by atoms with E-state index in [9.17, 15) is 0 Å². The lowest BCUT2D eigenvalue weighted by Gasteiger charge is -2.18. The summed E-state index contributed by atoms with van der Waals surface area (Å²) in [5.41, 5.74) is 4.72. The van der Waals surface area contributed by atoms with Crippen molar-refractivity contribution >= 4 is 0 Å². The van der Waals surface area contributed by atoms with E-state index < -0.39 is 0 Å². The molecule has 2 rings (SSSR count). The molecule has 0 spiro atoms. The van der Waals surface area contributed by atoms with Crippen LogP contribution in [-0.2, 0) is 0 Å². The van der Waals surface area contributed by atoms with Gasteiger partial charge in [-0.05, 0) is 37.7 Å². The molecule has 16 heavy (non-hydrogen) atoms. The van der Waals surface area contributed by atoms with Gasteiger partial charge in [-0.15, -0.1) is 0 Å². The number of allylic oxidation sites excluding steroid dienone is 8. The van der Waals surface area contributed by atoms with Crippen LogP contribution in [0.2, 0.25) is 0 Å². The second-order valence-corrected chi connectivity index (χ2v) is 5.56. The highest BCUT2D eigenvalue weighted by molar-refractivity contribution is 5.33. The zero-order valence-electron chi connectivity index (χ0n) is 11.3. The Morgan fingerprint density at radius 3 is 1.62 bits per heavy atom. The highest BCUT2D eigenvalue weighted by Crippen LogP contribution is 2.29. The molecule has 0 aromatic carbocycles. The molecule has 0 saturated heterocycles. The SMILES string of the molecule is CC(C)(C)C1=CCC=C1.CC1=CCC=C1C. The lowest BCUT2D eigenvalue weighted by atomic mass is 9.87. The fourth-order valence-electron chi connectivity index (χ4n) is 1.75. The average Bonchev–Trinajstić information content (AvgIpc) is 2.78. The van der Waals surface area contributed by atoms with Gasteiger partial charge in [0, 0.05) is 0 Å². The van der Waals surface area contributed by atoms with Gasteiger partial charge in [-0.1, -0.05) is 62.3 Å². The quantitative estimate of drug-likeness (QED) is 0.522. The summed E-state index contributed by atoms with van der Waals surface area (Å²) in [6.07, 6.45) is 13.5. The Morgan fingerprint density at radius 2 is 1.44 bits per heavy atom. The van der Waals surface area contributed by atoms with Crippen LogP contribution in [0.25, 0.3) is 0 Å². The van der Waals surface area contributed by atoms with Crippen molar-refractivity contribution in [2.45, 2.75) is 47.5 Å². The molecule has 0 nitrogen and oxygen atoms in total. The van der Waals surface area contributed by atoms with E-state index in [4.69, 9.17) is 0 Å². The molecule has 0 fully saturated rings. The highest BCUT2D eigenvalue weighted by atomic mass is 14.2.